The topological polar surface area (TPSA) is 64.1 Å². The van der Waals surface area contributed by atoms with E-state index in [4.69, 9.17) is 4.74 Å². The molecule has 0 fully saturated rings. The second kappa shape index (κ2) is 8.62. The molecule has 5 heteroatoms. The minimum absolute atomic E-state index is 0.562. The van der Waals surface area contributed by atoms with E-state index in [1.807, 2.05) is 31.2 Å². The predicted molar refractivity (Wildman–Crippen MR) is 109 cm³/mol. The van der Waals surface area contributed by atoms with Crippen LogP contribution < -0.4 is 10.1 Å². The molecule has 0 bridgehead atoms. The first kappa shape index (κ1) is 18.8. The lowest BCUT2D eigenvalue weighted by atomic mass is 10.0. The highest BCUT2D eigenvalue weighted by molar-refractivity contribution is 5.93. The Labute approximate surface area is 159 Å². The van der Waals surface area contributed by atoms with Crippen molar-refractivity contribution in [3.05, 3.63) is 48.3 Å². The van der Waals surface area contributed by atoms with Gasteiger partial charge in [0, 0.05) is 23.1 Å². The van der Waals surface area contributed by atoms with E-state index in [9.17, 15) is 4.79 Å². The molecule has 0 saturated carbocycles. The lowest BCUT2D eigenvalue weighted by Gasteiger charge is -2.13. The van der Waals surface area contributed by atoms with Crippen LogP contribution in [0, 0.1) is 5.92 Å². The third kappa shape index (κ3) is 4.42. The summed E-state index contributed by atoms with van der Waals surface area (Å²) in [4.78, 5) is 20.0. The first-order valence-electron chi connectivity index (χ1n) is 9.33. The van der Waals surface area contributed by atoms with Gasteiger partial charge in [0.15, 0.2) is 0 Å². The minimum atomic E-state index is 0.562. The summed E-state index contributed by atoms with van der Waals surface area (Å²) in [5, 5.41) is 4.38. The van der Waals surface area contributed by atoms with Crippen molar-refractivity contribution in [1.82, 2.24) is 9.97 Å². The number of aldehydes is 1. The fourth-order valence-corrected chi connectivity index (χ4v) is 2.97. The Morgan fingerprint density at radius 1 is 1.15 bits per heavy atom. The van der Waals surface area contributed by atoms with Crippen LogP contribution in [0.3, 0.4) is 0 Å². The van der Waals surface area contributed by atoms with Crippen LogP contribution in [0.1, 0.15) is 37.6 Å². The van der Waals surface area contributed by atoms with Gasteiger partial charge in [-0.1, -0.05) is 19.9 Å². The van der Waals surface area contributed by atoms with Gasteiger partial charge in [-0.25, -0.2) is 9.97 Å². The fourth-order valence-electron chi connectivity index (χ4n) is 2.97. The molecule has 2 aromatic carbocycles. The standard InChI is InChI=1S/C22H25N3O2/c1-4-27-21-8-5-16(13-26)11-18(21)17-6-7-20-19(12-17)22(25-14-24-20)23-10-9-15(2)3/h5-8,11-15H,4,9-10H2,1-3H3,(H,23,24,25). The van der Waals surface area contributed by atoms with Crippen LogP contribution in [0.25, 0.3) is 22.0 Å². The summed E-state index contributed by atoms with van der Waals surface area (Å²) in [7, 11) is 0. The monoisotopic (exact) mass is 363 g/mol. The molecule has 0 unspecified atom stereocenters. The summed E-state index contributed by atoms with van der Waals surface area (Å²) < 4.78 is 5.76. The van der Waals surface area contributed by atoms with Crippen molar-refractivity contribution < 1.29 is 9.53 Å². The van der Waals surface area contributed by atoms with Gasteiger partial charge in [-0.2, -0.15) is 0 Å². The number of ether oxygens (including phenoxy) is 1. The molecule has 3 rings (SSSR count). The Hall–Kier alpha value is -2.95. The number of benzene rings is 2. The van der Waals surface area contributed by atoms with E-state index in [0.717, 1.165) is 52.8 Å². The van der Waals surface area contributed by atoms with E-state index in [-0.39, 0.29) is 0 Å². The van der Waals surface area contributed by atoms with Crippen LogP contribution in [0.15, 0.2) is 42.7 Å². The lowest BCUT2D eigenvalue weighted by molar-refractivity contribution is 0.112. The third-order valence-corrected chi connectivity index (χ3v) is 4.40. The van der Waals surface area contributed by atoms with Gasteiger partial charge in [-0.05, 0) is 55.2 Å². The molecule has 0 aliphatic rings. The highest BCUT2D eigenvalue weighted by Gasteiger charge is 2.11. The molecule has 1 N–H and O–H groups in total. The Balaban J connectivity index is 2.04. The van der Waals surface area contributed by atoms with Crippen molar-refractivity contribution in [2.45, 2.75) is 27.2 Å². The maximum atomic E-state index is 11.2. The molecule has 1 aromatic heterocycles. The number of anilines is 1. The molecule has 1 heterocycles. The van der Waals surface area contributed by atoms with Crippen LogP contribution >= 0.6 is 0 Å². The Morgan fingerprint density at radius 3 is 2.74 bits per heavy atom. The van der Waals surface area contributed by atoms with E-state index < -0.39 is 0 Å². The van der Waals surface area contributed by atoms with E-state index in [1.54, 1.807) is 12.4 Å². The predicted octanol–water partition coefficient (Wildman–Crippen LogP) is 4.97. The number of hydrogen-bond acceptors (Lipinski definition) is 5. The molecule has 0 radical (unpaired) electrons. The van der Waals surface area contributed by atoms with Gasteiger partial charge < -0.3 is 10.1 Å². The molecule has 0 spiro atoms. The first-order chi connectivity index (χ1) is 13.1. The molecule has 0 amide bonds. The van der Waals surface area contributed by atoms with E-state index in [2.05, 4.69) is 35.2 Å². The Kier molecular flexibility index (Phi) is 6.01. The maximum Gasteiger partial charge on any atom is 0.150 e. The number of carbonyl (C=O) groups is 1. The molecule has 5 nitrogen and oxygen atoms in total. The number of nitrogens with one attached hydrogen (secondary N) is 1. The molecular formula is C22H25N3O2. The summed E-state index contributed by atoms with van der Waals surface area (Å²) in [6, 6.07) is 11.5. The molecule has 140 valence electrons. The summed E-state index contributed by atoms with van der Waals surface area (Å²) >= 11 is 0. The second-order valence-electron chi connectivity index (χ2n) is 6.87. The second-order valence-corrected chi connectivity index (χ2v) is 6.87. The third-order valence-electron chi connectivity index (χ3n) is 4.40. The smallest absolute Gasteiger partial charge is 0.150 e. The van der Waals surface area contributed by atoms with Crippen LogP contribution in [-0.4, -0.2) is 29.4 Å². The van der Waals surface area contributed by atoms with Gasteiger partial charge in [-0.15, -0.1) is 0 Å². The van der Waals surface area contributed by atoms with E-state index in [0.29, 0.717) is 18.1 Å². The van der Waals surface area contributed by atoms with Crippen LogP contribution in [0.4, 0.5) is 5.82 Å². The van der Waals surface area contributed by atoms with Crippen molar-refractivity contribution in [1.29, 1.82) is 0 Å². The van der Waals surface area contributed by atoms with Gasteiger partial charge in [-0.3, -0.25) is 4.79 Å². The van der Waals surface area contributed by atoms with Gasteiger partial charge in [0.05, 0.1) is 12.1 Å². The lowest BCUT2D eigenvalue weighted by Crippen LogP contribution is -2.07. The SMILES string of the molecule is CCOc1ccc(C=O)cc1-c1ccc2ncnc(NCCC(C)C)c2c1. The number of fused-ring (bicyclic) bond motifs is 1. The number of aromatic nitrogens is 2. The normalized spacial score (nSPS) is 11.0. The van der Waals surface area contributed by atoms with Crippen molar-refractivity contribution in [3.63, 3.8) is 0 Å². The molecule has 0 atom stereocenters. The average Bonchev–Trinajstić information content (AvgIpc) is 2.68. The summed E-state index contributed by atoms with van der Waals surface area (Å²) in [5.41, 5.74) is 3.36. The minimum Gasteiger partial charge on any atom is -0.493 e. The number of carbonyl (C=O) groups excluding carboxylic acids is 1. The van der Waals surface area contributed by atoms with E-state index >= 15 is 0 Å². The van der Waals surface area contributed by atoms with Gasteiger partial charge in [0.25, 0.3) is 0 Å². The zero-order valence-electron chi connectivity index (χ0n) is 16.0. The van der Waals surface area contributed by atoms with Gasteiger partial charge in [0.2, 0.25) is 0 Å². The zero-order valence-corrected chi connectivity index (χ0v) is 16.0. The number of nitrogens with zero attached hydrogens (tertiary/aromatic N) is 2. The van der Waals surface area contributed by atoms with Crippen LogP contribution in [0.5, 0.6) is 5.75 Å². The molecule has 0 aliphatic carbocycles. The Bertz CT molecular complexity index is 938. The number of hydrogen-bond donors (Lipinski definition) is 1. The number of rotatable bonds is 8. The van der Waals surface area contributed by atoms with Crippen molar-refractivity contribution in [2.24, 2.45) is 5.92 Å². The van der Waals surface area contributed by atoms with Crippen molar-refractivity contribution in [2.75, 3.05) is 18.5 Å². The largest absolute Gasteiger partial charge is 0.493 e. The average molecular weight is 363 g/mol. The van der Waals surface area contributed by atoms with Crippen molar-refractivity contribution in [3.8, 4) is 16.9 Å². The molecule has 0 aliphatic heterocycles. The molecule has 27 heavy (non-hydrogen) atoms. The summed E-state index contributed by atoms with van der Waals surface area (Å²) in [5.74, 6) is 2.21. The van der Waals surface area contributed by atoms with E-state index in [1.165, 1.54) is 0 Å². The summed E-state index contributed by atoms with van der Waals surface area (Å²) in [6.45, 7) is 7.77. The van der Waals surface area contributed by atoms with Crippen LogP contribution in [-0.2, 0) is 0 Å². The van der Waals surface area contributed by atoms with Gasteiger partial charge >= 0.3 is 0 Å². The van der Waals surface area contributed by atoms with Gasteiger partial charge in [0.1, 0.15) is 24.2 Å². The van der Waals surface area contributed by atoms with Crippen molar-refractivity contribution >= 4 is 23.0 Å². The fraction of sp³-hybridized carbons (Fsp3) is 0.318. The molecule has 3 aromatic rings. The summed E-state index contributed by atoms with van der Waals surface area (Å²) in [6.07, 6.45) is 3.50. The molecule has 0 saturated heterocycles. The highest BCUT2D eigenvalue weighted by atomic mass is 16.5. The molecular weight excluding hydrogens is 338 g/mol. The Morgan fingerprint density at radius 2 is 2.00 bits per heavy atom. The quantitative estimate of drug-likeness (QED) is 0.573. The highest BCUT2D eigenvalue weighted by Crippen LogP contribution is 2.33. The van der Waals surface area contributed by atoms with Crippen LogP contribution in [0.2, 0.25) is 0 Å². The first-order valence-corrected chi connectivity index (χ1v) is 9.33. The zero-order chi connectivity index (χ0) is 19.2. The maximum absolute atomic E-state index is 11.2.